The molecule has 1 aliphatic heterocycles. The summed E-state index contributed by atoms with van der Waals surface area (Å²) in [7, 11) is 0. The van der Waals surface area contributed by atoms with Gasteiger partial charge >= 0.3 is 0 Å². The maximum atomic E-state index is 12.8. The van der Waals surface area contributed by atoms with Crippen molar-refractivity contribution in [2.24, 2.45) is 17.8 Å². The number of benzene rings is 1. The Labute approximate surface area is 164 Å². The van der Waals surface area contributed by atoms with Crippen LogP contribution in [0.2, 0.25) is 0 Å². The number of carboxylic acids is 1. The molecule has 0 spiro atoms. The van der Waals surface area contributed by atoms with Crippen molar-refractivity contribution in [3.8, 4) is 0 Å². The molecule has 1 aliphatic carbocycles. The van der Waals surface area contributed by atoms with Gasteiger partial charge in [-0.05, 0) is 43.0 Å². The number of hydrogen-bond donors (Lipinski definition) is 1. The molecule has 2 aliphatic rings. The van der Waals surface area contributed by atoms with Crippen LogP contribution in [0.1, 0.15) is 30.1 Å². The summed E-state index contributed by atoms with van der Waals surface area (Å²) in [6.45, 7) is 4.13. The van der Waals surface area contributed by atoms with Gasteiger partial charge in [0.15, 0.2) is 0 Å². The number of ether oxygens (including phenoxy) is 1. The molecule has 3 atom stereocenters. The number of carbonyl (C=O) groups is 3. The van der Waals surface area contributed by atoms with E-state index in [-0.39, 0.29) is 17.7 Å². The molecule has 1 aromatic rings. The van der Waals surface area contributed by atoms with Crippen LogP contribution in [0, 0.1) is 17.8 Å². The Hall–Kier alpha value is -2.67. The van der Waals surface area contributed by atoms with Gasteiger partial charge in [0.25, 0.3) is 5.91 Å². The molecule has 1 heterocycles. The zero-order valence-corrected chi connectivity index (χ0v) is 15.9. The van der Waals surface area contributed by atoms with Crippen LogP contribution in [0.15, 0.2) is 36.4 Å². The lowest BCUT2D eigenvalue weighted by atomic mass is 9.74. The molecule has 1 aromatic carbocycles. The maximum Gasteiger partial charge on any atom is 0.254 e. The third kappa shape index (κ3) is 4.42. The summed E-state index contributed by atoms with van der Waals surface area (Å²) in [5.41, 5.74) is 1.07. The van der Waals surface area contributed by atoms with Crippen molar-refractivity contribution in [1.29, 1.82) is 0 Å². The van der Waals surface area contributed by atoms with Crippen LogP contribution in [0.3, 0.4) is 0 Å². The molecule has 7 nitrogen and oxygen atoms in total. The molecule has 1 saturated heterocycles. The summed E-state index contributed by atoms with van der Waals surface area (Å²) in [6.07, 6.45) is 4.69. The molecule has 2 amide bonds. The highest BCUT2D eigenvalue weighted by molar-refractivity contribution is 5.97. The lowest BCUT2D eigenvalue weighted by Crippen LogP contribution is -2.44. The van der Waals surface area contributed by atoms with Crippen molar-refractivity contribution in [2.45, 2.75) is 19.8 Å². The van der Waals surface area contributed by atoms with Gasteiger partial charge in [-0.15, -0.1) is 0 Å². The number of anilines is 1. The molecule has 0 aromatic heterocycles. The van der Waals surface area contributed by atoms with Crippen LogP contribution in [-0.4, -0.2) is 49.0 Å². The highest BCUT2D eigenvalue weighted by atomic mass is 16.5. The molecule has 28 heavy (non-hydrogen) atoms. The second-order valence-electron chi connectivity index (χ2n) is 7.16. The molecule has 150 valence electrons. The molecular weight excluding hydrogens is 360 g/mol. The maximum absolute atomic E-state index is 12.8. The molecule has 7 heteroatoms. The standard InChI is InChI=1S/C21H26N2O5/c1-2-14-4-3-5-17(21(26)27)18(14)19(24)22-16-8-6-15(7-9-16)20(25)23-10-12-28-13-11-23/h3-4,6-9,14,17-18H,2,5,10-13H2,1H3,(H,22,24)(H,26,27)/p-1/t14-,17+,18+/m0/s1. The van der Waals surface area contributed by atoms with E-state index in [1.54, 1.807) is 29.2 Å². The fourth-order valence-electron chi connectivity index (χ4n) is 3.85. The summed E-state index contributed by atoms with van der Waals surface area (Å²) in [5.74, 6) is -3.25. The first-order chi connectivity index (χ1) is 13.5. The zero-order valence-electron chi connectivity index (χ0n) is 15.9. The predicted octanol–water partition coefficient (Wildman–Crippen LogP) is 1.07. The van der Waals surface area contributed by atoms with Gasteiger partial charge in [0.05, 0.1) is 19.1 Å². The van der Waals surface area contributed by atoms with Crippen LogP contribution in [0.25, 0.3) is 0 Å². The van der Waals surface area contributed by atoms with Gasteiger partial charge in [-0.25, -0.2) is 0 Å². The van der Waals surface area contributed by atoms with E-state index < -0.39 is 17.8 Å². The second kappa shape index (κ2) is 9.01. The SMILES string of the molecule is CC[C@H]1C=CC[C@@H](C(=O)[O-])[C@@H]1C(=O)Nc1ccc(C(=O)N2CCOCC2)cc1. The van der Waals surface area contributed by atoms with Crippen molar-refractivity contribution >= 4 is 23.5 Å². The molecule has 0 unspecified atom stereocenters. The molecule has 1 N–H and O–H groups in total. The lowest BCUT2D eigenvalue weighted by Gasteiger charge is -2.34. The average molecular weight is 385 g/mol. The first-order valence-electron chi connectivity index (χ1n) is 9.66. The van der Waals surface area contributed by atoms with E-state index in [0.29, 0.717) is 50.4 Å². The van der Waals surface area contributed by atoms with Gasteiger partial charge < -0.3 is 24.9 Å². The largest absolute Gasteiger partial charge is 0.550 e. The Morgan fingerprint density at radius 2 is 1.86 bits per heavy atom. The number of nitrogens with zero attached hydrogens (tertiary/aromatic N) is 1. The number of allylic oxidation sites excluding steroid dienone is 2. The van der Waals surface area contributed by atoms with Gasteiger partial charge in [0, 0.05) is 36.2 Å². The minimum absolute atomic E-state index is 0.0679. The topological polar surface area (TPSA) is 98.8 Å². The minimum atomic E-state index is -1.20. The van der Waals surface area contributed by atoms with Gasteiger partial charge in [-0.1, -0.05) is 19.1 Å². The number of rotatable bonds is 5. The summed E-state index contributed by atoms with van der Waals surface area (Å²) in [5, 5.41) is 14.3. The van der Waals surface area contributed by atoms with Crippen LogP contribution in [0.5, 0.6) is 0 Å². The Morgan fingerprint density at radius 3 is 2.46 bits per heavy atom. The zero-order chi connectivity index (χ0) is 20.1. The monoisotopic (exact) mass is 385 g/mol. The first kappa shape index (κ1) is 20.1. The van der Waals surface area contributed by atoms with Crippen LogP contribution in [0.4, 0.5) is 5.69 Å². The number of aliphatic carboxylic acids is 1. The fourth-order valence-corrected chi connectivity index (χ4v) is 3.85. The summed E-state index contributed by atoms with van der Waals surface area (Å²) >= 11 is 0. The van der Waals surface area contributed by atoms with E-state index in [2.05, 4.69) is 5.32 Å². The molecular formula is C21H25N2O5-. The molecule has 3 rings (SSSR count). The molecule has 0 bridgehead atoms. The van der Waals surface area contributed by atoms with Gasteiger partial charge in [0.1, 0.15) is 0 Å². The van der Waals surface area contributed by atoms with E-state index >= 15 is 0 Å². The molecule has 1 fully saturated rings. The Bertz CT molecular complexity index is 753. The average Bonchev–Trinajstić information content (AvgIpc) is 2.73. The van der Waals surface area contributed by atoms with Crippen molar-refractivity contribution in [2.75, 3.05) is 31.6 Å². The van der Waals surface area contributed by atoms with Crippen molar-refractivity contribution in [3.05, 3.63) is 42.0 Å². The number of nitrogens with one attached hydrogen (secondary N) is 1. The second-order valence-corrected chi connectivity index (χ2v) is 7.16. The highest BCUT2D eigenvalue weighted by Crippen LogP contribution is 2.33. The van der Waals surface area contributed by atoms with Crippen molar-refractivity contribution < 1.29 is 24.2 Å². The highest BCUT2D eigenvalue weighted by Gasteiger charge is 2.36. The smallest absolute Gasteiger partial charge is 0.254 e. The summed E-state index contributed by atoms with van der Waals surface area (Å²) in [4.78, 5) is 38.5. The first-order valence-corrected chi connectivity index (χ1v) is 9.66. The third-order valence-corrected chi connectivity index (χ3v) is 5.44. The van der Waals surface area contributed by atoms with Crippen LogP contribution in [-0.2, 0) is 14.3 Å². The van der Waals surface area contributed by atoms with E-state index in [9.17, 15) is 19.5 Å². The Morgan fingerprint density at radius 1 is 1.18 bits per heavy atom. The number of morpholine rings is 1. The van der Waals surface area contributed by atoms with E-state index in [1.807, 2.05) is 19.1 Å². The number of amides is 2. The number of carboxylic acid groups (broad SMARTS) is 1. The normalized spacial score (nSPS) is 24.6. The third-order valence-electron chi connectivity index (χ3n) is 5.44. The molecule has 0 saturated carbocycles. The van der Waals surface area contributed by atoms with Gasteiger partial charge in [-0.2, -0.15) is 0 Å². The van der Waals surface area contributed by atoms with Crippen molar-refractivity contribution in [1.82, 2.24) is 4.90 Å². The Balaban J connectivity index is 1.68. The van der Waals surface area contributed by atoms with Gasteiger partial charge in [-0.3, -0.25) is 9.59 Å². The summed E-state index contributed by atoms with van der Waals surface area (Å²) in [6, 6.07) is 6.67. The van der Waals surface area contributed by atoms with E-state index in [0.717, 1.165) is 0 Å². The number of carbonyl (C=O) groups excluding carboxylic acids is 3. The van der Waals surface area contributed by atoms with E-state index in [1.165, 1.54) is 0 Å². The van der Waals surface area contributed by atoms with Gasteiger partial charge in [0.2, 0.25) is 5.91 Å². The van der Waals surface area contributed by atoms with Crippen LogP contribution >= 0.6 is 0 Å². The molecule has 0 radical (unpaired) electrons. The quantitative estimate of drug-likeness (QED) is 0.765. The minimum Gasteiger partial charge on any atom is -0.550 e. The summed E-state index contributed by atoms with van der Waals surface area (Å²) < 4.78 is 5.26. The Kier molecular flexibility index (Phi) is 6.46. The fraction of sp³-hybridized carbons (Fsp3) is 0.476. The lowest BCUT2D eigenvalue weighted by molar-refractivity contribution is -0.313. The van der Waals surface area contributed by atoms with Crippen molar-refractivity contribution in [3.63, 3.8) is 0 Å². The predicted molar refractivity (Wildman–Crippen MR) is 101 cm³/mol. The van der Waals surface area contributed by atoms with Crippen LogP contribution < -0.4 is 10.4 Å². The number of hydrogen-bond acceptors (Lipinski definition) is 5. The van der Waals surface area contributed by atoms with E-state index in [4.69, 9.17) is 4.74 Å².